The van der Waals surface area contributed by atoms with Crippen LogP contribution in [0.3, 0.4) is 0 Å². The second kappa shape index (κ2) is 5.45. The summed E-state index contributed by atoms with van der Waals surface area (Å²) in [6, 6.07) is 13.3. The predicted molar refractivity (Wildman–Crippen MR) is 85.2 cm³/mol. The van der Waals surface area contributed by atoms with Gasteiger partial charge in [-0.05, 0) is 30.7 Å². The van der Waals surface area contributed by atoms with Crippen molar-refractivity contribution in [3.05, 3.63) is 70.3 Å². The van der Waals surface area contributed by atoms with Gasteiger partial charge >= 0.3 is 0 Å². The SMILES string of the molecule is CC(Br)c1oc2ccc(F)cc2c(=O)c1-c1ccccc1. The molecule has 0 aliphatic heterocycles. The van der Waals surface area contributed by atoms with Crippen molar-refractivity contribution < 1.29 is 8.81 Å². The molecule has 2 aromatic carbocycles. The summed E-state index contributed by atoms with van der Waals surface area (Å²) >= 11 is 3.46. The van der Waals surface area contributed by atoms with Gasteiger partial charge in [0.15, 0.2) is 0 Å². The van der Waals surface area contributed by atoms with Gasteiger partial charge in [-0.25, -0.2) is 4.39 Å². The first-order valence-electron chi connectivity index (χ1n) is 6.53. The van der Waals surface area contributed by atoms with Crippen LogP contribution in [0.25, 0.3) is 22.1 Å². The maximum atomic E-state index is 13.4. The first-order valence-corrected chi connectivity index (χ1v) is 7.45. The van der Waals surface area contributed by atoms with Gasteiger partial charge in [-0.1, -0.05) is 46.3 Å². The van der Waals surface area contributed by atoms with Crippen molar-refractivity contribution >= 4 is 26.9 Å². The summed E-state index contributed by atoms with van der Waals surface area (Å²) in [6.45, 7) is 1.89. The normalized spacial score (nSPS) is 12.5. The third-order valence-corrected chi connectivity index (χ3v) is 3.72. The van der Waals surface area contributed by atoms with Crippen molar-refractivity contribution in [1.29, 1.82) is 0 Å². The van der Waals surface area contributed by atoms with E-state index < -0.39 is 5.82 Å². The molecule has 0 saturated carbocycles. The van der Waals surface area contributed by atoms with E-state index in [9.17, 15) is 9.18 Å². The zero-order valence-electron chi connectivity index (χ0n) is 11.3. The lowest BCUT2D eigenvalue weighted by Crippen LogP contribution is -2.09. The highest BCUT2D eigenvalue weighted by atomic mass is 79.9. The highest BCUT2D eigenvalue weighted by Crippen LogP contribution is 2.32. The summed E-state index contributed by atoms with van der Waals surface area (Å²) in [5, 5.41) is 0.255. The Morgan fingerprint density at radius 1 is 1.14 bits per heavy atom. The monoisotopic (exact) mass is 346 g/mol. The van der Waals surface area contributed by atoms with Crippen LogP contribution in [0.4, 0.5) is 4.39 Å². The van der Waals surface area contributed by atoms with Crippen molar-refractivity contribution in [2.45, 2.75) is 11.8 Å². The van der Waals surface area contributed by atoms with E-state index in [1.807, 2.05) is 37.3 Å². The number of rotatable bonds is 2. The molecule has 0 fully saturated rings. The van der Waals surface area contributed by atoms with E-state index in [1.54, 1.807) is 0 Å². The van der Waals surface area contributed by atoms with Crippen molar-refractivity contribution in [3.63, 3.8) is 0 Å². The predicted octanol–water partition coefficient (Wildman–Crippen LogP) is 5.06. The number of alkyl halides is 1. The molecule has 0 aliphatic rings. The van der Waals surface area contributed by atoms with Gasteiger partial charge in [-0.2, -0.15) is 0 Å². The molecule has 0 N–H and O–H groups in total. The van der Waals surface area contributed by atoms with Gasteiger partial charge in [-0.3, -0.25) is 4.79 Å². The lowest BCUT2D eigenvalue weighted by atomic mass is 10.0. The molecule has 0 spiro atoms. The molecular weight excluding hydrogens is 335 g/mol. The van der Waals surface area contributed by atoms with Crippen LogP contribution in [-0.4, -0.2) is 0 Å². The first-order chi connectivity index (χ1) is 10.1. The minimum Gasteiger partial charge on any atom is -0.459 e. The van der Waals surface area contributed by atoms with E-state index in [-0.39, 0.29) is 15.6 Å². The number of benzene rings is 2. The molecule has 3 aromatic rings. The first kappa shape index (κ1) is 14.0. The molecule has 0 aliphatic carbocycles. The van der Waals surface area contributed by atoms with Crippen LogP contribution in [0.1, 0.15) is 17.5 Å². The number of hydrogen-bond acceptors (Lipinski definition) is 2. The van der Waals surface area contributed by atoms with Crippen molar-refractivity contribution in [2.75, 3.05) is 0 Å². The lowest BCUT2D eigenvalue weighted by molar-refractivity contribution is 0.543. The maximum Gasteiger partial charge on any atom is 0.200 e. The largest absolute Gasteiger partial charge is 0.459 e. The quantitative estimate of drug-likeness (QED) is 0.607. The zero-order valence-corrected chi connectivity index (χ0v) is 12.9. The van der Waals surface area contributed by atoms with Crippen molar-refractivity contribution in [1.82, 2.24) is 0 Å². The minimum atomic E-state index is -0.451. The molecule has 0 radical (unpaired) electrons. The Labute approximate surface area is 129 Å². The summed E-state index contributed by atoms with van der Waals surface area (Å²) in [5.41, 5.74) is 1.41. The average Bonchev–Trinajstić information content (AvgIpc) is 2.48. The van der Waals surface area contributed by atoms with Crippen LogP contribution in [0, 0.1) is 5.82 Å². The van der Waals surface area contributed by atoms with Gasteiger partial charge in [0.1, 0.15) is 17.2 Å². The molecule has 0 bridgehead atoms. The molecule has 1 heterocycles. The van der Waals surface area contributed by atoms with Crippen LogP contribution in [-0.2, 0) is 0 Å². The van der Waals surface area contributed by atoms with Gasteiger partial charge in [0, 0.05) is 0 Å². The molecule has 1 aromatic heterocycles. The smallest absolute Gasteiger partial charge is 0.200 e. The van der Waals surface area contributed by atoms with E-state index >= 15 is 0 Å². The van der Waals surface area contributed by atoms with E-state index in [0.717, 1.165) is 5.56 Å². The molecule has 2 nitrogen and oxygen atoms in total. The van der Waals surface area contributed by atoms with Crippen LogP contribution in [0.2, 0.25) is 0 Å². The molecule has 3 rings (SSSR count). The Morgan fingerprint density at radius 3 is 2.52 bits per heavy atom. The fourth-order valence-corrected chi connectivity index (χ4v) is 2.67. The number of halogens is 2. The Morgan fingerprint density at radius 2 is 1.86 bits per heavy atom. The molecule has 106 valence electrons. The van der Waals surface area contributed by atoms with E-state index in [4.69, 9.17) is 4.42 Å². The van der Waals surface area contributed by atoms with E-state index in [2.05, 4.69) is 15.9 Å². The van der Waals surface area contributed by atoms with E-state index in [1.165, 1.54) is 18.2 Å². The minimum absolute atomic E-state index is 0.130. The third-order valence-electron chi connectivity index (χ3n) is 3.30. The lowest BCUT2D eigenvalue weighted by Gasteiger charge is -2.11. The van der Waals surface area contributed by atoms with Crippen LogP contribution in [0.5, 0.6) is 0 Å². The fourth-order valence-electron chi connectivity index (χ4n) is 2.34. The Balaban J connectivity index is 2.43. The van der Waals surface area contributed by atoms with Crippen molar-refractivity contribution in [2.24, 2.45) is 0 Å². The number of fused-ring (bicyclic) bond motifs is 1. The summed E-state index contributed by atoms with van der Waals surface area (Å²) in [4.78, 5) is 12.6. The van der Waals surface area contributed by atoms with Gasteiger partial charge in [0.25, 0.3) is 0 Å². The Hall–Kier alpha value is -1.94. The molecule has 1 unspecified atom stereocenters. The van der Waals surface area contributed by atoms with Crippen LogP contribution < -0.4 is 5.43 Å². The van der Waals surface area contributed by atoms with Gasteiger partial charge < -0.3 is 4.42 Å². The standard InChI is InChI=1S/C17H12BrFO2/c1-10(18)17-15(11-5-3-2-4-6-11)16(20)13-9-12(19)7-8-14(13)21-17/h2-10H,1H3. The molecule has 0 amide bonds. The van der Waals surface area contributed by atoms with Gasteiger partial charge in [-0.15, -0.1) is 0 Å². The summed E-state index contributed by atoms with van der Waals surface area (Å²) in [5.74, 6) is 0.0961. The average molecular weight is 347 g/mol. The zero-order chi connectivity index (χ0) is 15.0. The van der Waals surface area contributed by atoms with Gasteiger partial charge in [0.05, 0.1) is 15.8 Å². The molecular formula is C17H12BrFO2. The highest BCUT2D eigenvalue weighted by molar-refractivity contribution is 9.09. The topological polar surface area (TPSA) is 30.2 Å². The number of hydrogen-bond donors (Lipinski definition) is 0. The summed E-state index contributed by atoms with van der Waals surface area (Å²) < 4.78 is 19.3. The Bertz CT molecular complexity index is 854. The summed E-state index contributed by atoms with van der Waals surface area (Å²) in [6.07, 6.45) is 0. The molecule has 0 saturated heterocycles. The Kier molecular flexibility index (Phi) is 3.64. The second-order valence-electron chi connectivity index (χ2n) is 4.79. The highest BCUT2D eigenvalue weighted by Gasteiger charge is 2.19. The van der Waals surface area contributed by atoms with Crippen LogP contribution >= 0.6 is 15.9 Å². The molecule has 1 atom stereocenters. The molecule has 4 heteroatoms. The fraction of sp³-hybridized carbons (Fsp3) is 0.118. The van der Waals surface area contributed by atoms with Crippen LogP contribution in [0.15, 0.2) is 57.7 Å². The third kappa shape index (κ3) is 2.51. The van der Waals surface area contributed by atoms with E-state index in [0.29, 0.717) is 16.9 Å². The molecule has 21 heavy (non-hydrogen) atoms. The second-order valence-corrected chi connectivity index (χ2v) is 6.17. The van der Waals surface area contributed by atoms with Crippen molar-refractivity contribution in [3.8, 4) is 11.1 Å². The van der Waals surface area contributed by atoms with Gasteiger partial charge in [0.2, 0.25) is 5.43 Å². The summed E-state index contributed by atoms with van der Waals surface area (Å²) in [7, 11) is 0. The maximum absolute atomic E-state index is 13.4.